The number of hydrogen-bond donors (Lipinski definition) is 2. The minimum Gasteiger partial charge on any atom is -0.488 e. The minimum absolute atomic E-state index is 0.140. The average Bonchev–Trinajstić information content (AvgIpc) is 3.45. The van der Waals surface area contributed by atoms with Gasteiger partial charge in [-0.05, 0) is 50.8 Å². The van der Waals surface area contributed by atoms with E-state index in [1.54, 1.807) is 31.1 Å². The number of nitrogens with one attached hydrogen (secondary N) is 2. The SMILES string of the molecule is COCc1cc(C(=O)Nc2cc([C@H]3CC[C@@H](Oc4c(C)ccnc4C)C3)[nH]n2)n(C)n1. The highest BCUT2D eigenvalue weighted by Gasteiger charge is 2.29. The fourth-order valence-electron chi connectivity index (χ4n) is 4.10. The summed E-state index contributed by atoms with van der Waals surface area (Å²) < 4.78 is 12.9. The molecule has 1 fully saturated rings. The summed E-state index contributed by atoms with van der Waals surface area (Å²) in [6.07, 6.45) is 4.81. The van der Waals surface area contributed by atoms with Gasteiger partial charge in [0.2, 0.25) is 0 Å². The first-order valence-electron chi connectivity index (χ1n) is 10.4. The van der Waals surface area contributed by atoms with Crippen molar-refractivity contribution in [1.82, 2.24) is 25.0 Å². The number of carbonyl (C=O) groups is 1. The Bertz CT molecular complexity index is 1050. The maximum absolute atomic E-state index is 12.6. The van der Waals surface area contributed by atoms with Gasteiger partial charge >= 0.3 is 0 Å². The number of anilines is 1. The van der Waals surface area contributed by atoms with Gasteiger partial charge in [-0.3, -0.25) is 19.6 Å². The van der Waals surface area contributed by atoms with Crippen molar-refractivity contribution in [3.63, 3.8) is 0 Å². The molecule has 9 nitrogen and oxygen atoms in total. The van der Waals surface area contributed by atoms with Crippen molar-refractivity contribution in [2.45, 2.75) is 51.7 Å². The van der Waals surface area contributed by atoms with Gasteiger partial charge in [0.05, 0.1) is 24.1 Å². The Morgan fingerprint density at radius 2 is 2.16 bits per heavy atom. The Hall–Kier alpha value is -3.20. The van der Waals surface area contributed by atoms with Crippen molar-refractivity contribution in [1.29, 1.82) is 0 Å². The second-order valence-corrected chi connectivity index (χ2v) is 8.03. The van der Waals surface area contributed by atoms with E-state index < -0.39 is 0 Å². The van der Waals surface area contributed by atoms with E-state index >= 15 is 0 Å². The highest BCUT2D eigenvalue weighted by atomic mass is 16.5. The standard InChI is InChI=1S/C22H28N6O3/c1-13-7-8-23-14(2)21(13)31-17-6-5-15(9-17)18-11-20(26-25-18)24-22(29)19-10-16(12-30-4)27-28(19)3/h7-8,10-11,15,17H,5-6,9,12H2,1-4H3,(H2,24,25,26,29)/t15-,17+/m0/s1. The fraction of sp³-hybridized carbons (Fsp3) is 0.455. The number of pyridine rings is 1. The molecule has 1 amide bonds. The summed E-state index contributed by atoms with van der Waals surface area (Å²) in [7, 11) is 3.33. The zero-order valence-electron chi connectivity index (χ0n) is 18.3. The molecule has 0 radical (unpaired) electrons. The molecule has 164 valence electrons. The Morgan fingerprint density at radius 1 is 1.32 bits per heavy atom. The van der Waals surface area contributed by atoms with Gasteiger partial charge < -0.3 is 14.8 Å². The molecule has 9 heteroatoms. The lowest BCUT2D eigenvalue weighted by atomic mass is 10.0. The number of hydrogen-bond acceptors (Lipinski definition) is 6. The van der Waals surface area contributed by atoms with Gasteiger partial charge in [-0.15, -0.1) is 0 Å². The first kappa shape index (κ1) is 21.0. The molecule has 2 N–H and O–H groups in total. The van der Waals surface area contributed by atoms with Gasteiger partial charge in [-0.1, -0.05) is 0 Å². The smallest absolute Gasteiger partial charge is 0.275 e. The number of H-pyrrole nitrogens is 1. The van der Waals surface area contributed by atoms with Gasteiger partial charge in [0, 0.05) is 38.0 Å². The summed E-state index contributed by atoms with van der Waals surface area (Å²) in [6, 6.07) is 5.59. The third kappa shape index (κ3) is 4.61. The van der Waals surface area contributed by atoms with E-state index in [0.717, 1.165) is 42.0 Å². The Kier molecular flexibility index (Phi) is 6.03. The lowest BCUT2D eigenvalue weighted by molar-refractivity contribution is 0.101. The van der Waals surface area contributed by atoms with Crippen LogP contribution in [0.25, 0.3) is 0 Å². The molecule has 0 bridgehead atoms. The number of methoxy groups -OCH3 is 1. The number of rotatable bonds is 7. The zero-order valence-corrected chi connectivity index (χ0v) is 18.3. The van der Waals surface area contributed by atoms with E-state index in [9.17, 15) is 4.79 Å². The van der Waals surface area contributed by atoms with E-state index in [-0.39, 0.29) is 12.0 Å². The van der Waals surface area contributed by atoms with E-state index in [1.165, 1.54) is 0 Å². The minimum atomic E-state index is -0.259. The molecule has 3 heterocycles. The molecule has 3 aromatic heterocycles. The highest BCUT2D eigenvalue weighted by Crippen LogP contribution is 2.37. The molecule has 0 aromatic carbocycles. The maximum Gasteiger partial charge on any atom is 0.275 e. The number of aromatic amines is 1. The van der Waals surface area contributed by atoms with Crippen LogP contribution in [-0.2, 0) is 18.4 Å². The normalized spacial score (nSPS) is 18.3. The summed E-state index contributed by atoms with van der Waals surface area (Å²) in [5.41, 5.74) is 4.18. The van der Waals surface area contributed by atoms with Crippen molar-refractivity contribution in [2.24, 2.45) is 7.05 Å². The largest absolute Gasteiger partial charge is 0.488 e. The summed E-state index contributed by atoms with van der Waals surface area (Å²) >= 11 is 0. The Morgan fingerprint density at radius 3 is 2.94 bits per heavy atom. The highest BCUT2D eigenvalue weighted by molar-refractivity contribution is 6.02. The number of ether oxygens (including phenoxy) is 2. The maximum atomic E-state index is 12.6. The number of aromatic nitrogens is 5. The van der Waals surface area contributed by atoms with Gasteiger partial charge in [-0.2, -0.15) is 10.2 Å². The van der Waals surface area contributed by atoms with Gasteiger partial charge in [0.1, 0.15) is 11.4 Å². The van der Waals surface area contributed by atoms with E-state index in [1.807, 2.05) is 26.0 Å². The van der Waals surface area contributed by atoms with E-state index in [0.29, 0.717) is 29.7 Å². The number of nitrogens with zero attached hydrogens (tertiary/aromatic N) is 4. The first-order chi connectivity index (χ1) is 14.9. The lowest BCUT2D eigenvalue weighted by Crippen LogP contribution is -2.16. The van der Waals surface area contributed by atoms with Crippen molar-refractivity contribution in [3.8, 4) is 5.75 Å². The number of aryl methyl sites for hydroxylation is 3. The van der Waals surface area contributed by atoms with Crippen LogP contribution in [0, 0.1) is 13.8 Å². The second kappa shape index (κ2) is 8.89. The van der Waals surface area contributed by atoms with Crippen LogP contribution in [0.1, 0.15) is 58.3 Å². The van der Waals surface area contributed by atoms with Crippen LogP contribution >= 0.6 is 0 Å². The zero-order chi connectivity index (χ0) is 22.0. The molecular formula is C22H28N6O3. The third-order valence-corrected chi connectivity index (χ3v) is 5.68. The van der Waals surface area contributed by atoms with E-state index in [4.69, 9.17) is 9.47 Å². The molecule has 0 aliphatic heterocycles. The average molecular weight is 425 g/mol. The first-order valence-corrected chi connectivity index (χ1v) is 10.4. The lowest BCUT2D eigenvalue weighted by Gasteiger charge is -2.17. The fourth-order valence-corrected chi connectivity index (χ4v) is 4.10. The summed E-state index contributed by atoms with van der Waals surface area (Å²) in [5.74, 6) is 1.43. The number of amides is 1. The summed E-state index contributed by atoms with van der Waals surface area (Å²) in [4.78, 5) is 16.9. The molecule has 4 rings (SSSR count). The van der Waals surface area contributed by atoms with Crippen molar-refractivity contribution in [2.75, 3.05) is 12.4 Å². The Balaban J connectivity index is 1.37. The van der Waals surface area contributed by atoms with Gasteiger partial charge in [-0.25, -0.2) is 0 Å². The predicted molar refractivity (Wildman–Crippen MR) is 115 cm³/mol. The van der Waals surface area contributed by atoms with Crippen LogP contribution in [0.4, 0.5) is 5.82 Å². The molecule has 0 spiro atoms. The predicted octanol–water partition coefficient (Wildman–Crippen LogP) is 3.27. The van der Waals surface area contributed by atoms with Gasteiger partial charge in [0.25, 0.3) is 5.91 Å². The van der Waals surface area contributed by atoms with Crippen LogP contribution in [0.3, 0.4) is 0 Å². The molecule has 1 aliphatic rings. The molecule has 0 saturated heterocycles. The van der Waals surface area contributed by atoms with Crippen LogP contribution in [0.5, 0.6) is 5.75 Å². The molecular weight excluding hydrogens is 396 g/mol. The van der Waals surface area contributed by atoms with Crippen LogP contribution in [0.15, 0.2) is 24.4 Å². The molecule has 2 atom stereocenters. The molecule has 1 saturated carbocycles. The van der Waals surface area contributed by atoms with E-state index in [2.05, 4.69) is 25.6 Å². The third-order valence-electron chi connectivity index (χ3n) is 5.68. The Labute approximate surface area is 181 Å². The quantitative estimate of drug-likeness (QED) is 0.603. The molecule has 1 aliphatic carbocycles. The van der Waals surface area contributed by atoms with Crippen LogP contribution in [-0.4, -0.2) is 44.1 Å². The van der Waals surface area contributed by atoms with Gasteiger partial charge in [0.15, 0.2) is 5.82 Å². The molecule has 3 aromatic rings. The number of carbonyl (C=O) groups excluding carboxylic acids is 1. The van der Waals surface area contributed by atoms with Crippen molar-refractivity contribution >= 4 is 11.7 Å². The topological polar surface area (TPSA) is 107 Å². The summed E-state index contributed by atoms with van der Waals surface area (Å²) in [5, 5.41) is 14.5. The van der Waals surface area contributed by atoms with Crippen molar-refractivity contribution in [3.05, 3.63) is 52.7 Å². The molecule has 31 heavy (non-hydrogen) atoms. The summed E-state index contributed by atoms with van der Waals surface area (Å²) in [6.45, 7) is 4.37. The van der Waals surface area contributed by atoms with Crippen LogP contribution in [0.2, 0.25) is 0 Å². The van der Waals surface area contributed by atoms with Crippen molar-refractivity contribution < 1.29 is 14.3 Å². The monoisotopic (exact) mass is 424 g/mol. The molecule has 0 unspecified atom stereocenters. The van der Waals surface area contributed by atoms with Crippen LogP contribution < -0.4 is 10.1 Å². The second-order valence-electron chi connectivity index (χ2n) is 8.03.